The SMILES string of the molecule is CC(C)N(CCNCCCC(C)(C)C#N)C(C)C. The minimum atomic E-state index is -0.177. The zero-order valence-electron chi connectivity index (χ0n) is 13.1. The number of nitrogens with zero attached hydrogens (tertiary/aromatic N) is 2. The molecule has 0 heterocycles. The van der Waals surface area contributed by atoms with Crippen molar-refractivity contribution in [1.82, 2.24) is 10.2 Å². The number of hydrogen-bond donors (Lipinski definition) is 1. The molecule has 18 heavy (non-hydrogen) atoms. The molecule has 0 radical (unpaired) electrons. The van der Waals surface area contributed by atoms with Gasteiger partial charge in [-0.25, -0.2) is 0 Å². The summed E-state index contributed by atoms with van der Waals surface area (Å²) in [6, 6.07) is 3.55. The molecular formula is C15H31N3. The monoisotopic (exact) mass is 253 g/mol. The molecule has 1 N–H and O–H groups in total. The minimum Gasteiger partial charge on any atom is -0.315 e. The van der Waals surface area contributed by atoms with Gasteiger partial charge in [-0.15, -0.1) is 0 Å². The van der Waals surface area contributed by atoms with E-state index in [-0.39, 0.29) is 5.41 Å². The molecule has 0 rings (SSSR count). The van der Waals surface area contributed by atoms with Crippen molar-refractivity contribution in [2.75, 3.05) is 19.6 Å². The van der Waals surface area contributed by atoms with Crippen molar-refractivity contribution in [3.63, 3.8) is 0 Å². The largest absolute Gasteiger partial charge is 0.315 e. The summed E-state index contributed by atoms with van der Waals surface area (Å²) >= 11 is 0. The van der Waals surface area contributed by atoms with Gasteiger partial charge >= 0.3 is 0 Å². The summed E-state index contributed by atoms with van der Waals surface area (Å²) in [4.78, 5) is 2.49. The van der Waals surface area contributed by atoms with Crippen molar-refractivity contribution < 1.29 is 0 Å². The highest BCUT2D eigenvalue weighted by Crippen LogP contribution is 2.19. The lowest BCUT2D eigenvalue weighted by molar-refractivity contribution is 0.176. The van der Waals surface area contributed by atoms with Crippen LogP contribution in [0.1, 0.15) is 54.4 Å². The van der Waals surface area contributed by atoms with Crippen LogP contribution in [-0.2, 0) is 0 Å². The first-order chi connectivity index (χ1) is 8.30. The maximum Gasteiger partial charge on any atom is 0.0683 e. The van der Waals surface area contributed by atoms with Crippen LogP contribution in [-0.4, -0.2) is 36.6 Å². The molecular weight excluding hydrogens is 222 g/mol. The van der Waals surface area contributed by atoms with Gasteiger partial charge in [0.05, 0.1) is 11.5 Å². The molecule has 0 aromatic carbocycles. The molecule has 0 atom stereocenters. The first-order valence-electron chi connectivity index (χ1n) is 7.18. The Morgan fingerprint density at radius 1 is 1.11 bits per heavy atom. The van der Waals surface area contributed by atoms with Crippen molar-refractivity contribution in [2.24, 2.45) is 5.41 Å². The Balaban J connectivity index is 3.65. The lowest BCUT2D eigenvalue weighted by atomic mass is 9.90. The maximum absolute atomic E-state index is 8.91. The Bertz CT molecular complexity index is 243. The average molecular weight is 253 g/mol. The molecule has 0 saturated heterocycles. The van der Waals surface area contributed by atoms with E-state index in [2.05, 4.69) is 44.0 Å². The van der Waals surface area contributed by atoms with Crippen LogP contribution < -0.4 is 5.32 Å². The third-order valence-electron chi connectivity index (χ3n) is 3.33. The fraction of sp³-hybridized carbons (Fsp3) is 0.933. The van der Waals surface area contributed by atoms with E-state index in [0.29, 0.717) is 12.1 Å². The molecule has 3 nitrogen and oxygen atoms in total. The molecule has 0 aliphatic carbocycles. The second-order valence-electron chi connectivity index (χ2n) is 6.27. The van der Waals surface area contributed by atoms with Crippen LogP contribution in [0.3, 0.4) is 0 Å². The molecule has 0 saturated carbocycles. The molecule has 0 aliphatic rings. The van der Waals surface area contributed by atoms with E-state index in [1.54, 1.807) is 0 Å². The Morgan fingerprint density at radius 2 is 1.67 bits per heavy atom. The van der Waals surface area contributed by atoms with E-state index in [0.717, 1.165) is 32.5 Å². The number of hydrogen-bond acceptors (Lipinski definition) is 3. The quantitative estimate of drug-likeness (QED) is 0.642. The normalized spacial score (nSPS) is 12.4. The fourth-order valence-corrected chi connectivity index (χ4v) is 2.16. The molecule has 3 heteroatoms. The van der Waals surface area contributed by atoms with Gasteiger partial charge in [-0.05, 0) is 60.9 Å². The molecule has 0 aromatic rings. The number of nitriles is 1. The van der Waals surface area contributed by atoms with Crippen LogP contribution in [0, 0.1) is 16.7 Å². The summed E-state index contributed by atoms with van der Waals surface area (Å²) in [5, 5.41) is 12.4. The highest BCUT2D eigenvalue weighted by Gasteiger charge is 2.15. The smallest absolute Gasteiger partial charge is 0.0683 e. The van der Waals surface area contributed by atoms with E-state index < -0.39 is 0 Å². The molecule has 0 unspecified atom stereocenters. The van der Waals surface area contributed by atoms with E-state index in [9.17, 15) is 0 Å². The zero-order valence-corrected chi connectivity index (χ0v) is 13.1. The van der Waals surface area contributed by atoms with Crippen LogP contribution in [0.4, 0.5) is 0 Å². The van der Waals surface area contributed by atoms with Gasteiger partial charge in [-0.1, -0.05) is 0 Å². The molecule has 0 bridgehead atoms. The summed E-state index contributed by atoms with van der Waals surface area (Å²) in [7, 11) is 0. The Hall–Kier alpha value is -0.590. The highest BCUT2D eigenvalue weighted by atomic mass is 15.2. The van der Waals surface area contributed by atoms with E-state index in [1.807, 2.05) is 13.8 Å². The third kappa shape index (κ3) is 7.68. The molecule has 0 aromatic heterocycles. The summed E-state index contributed by atoms with van der Waals surface area (Å²) in [5.41, 5.74) is -0.177. The zero-order chi connectivity index (χ0) is 14.2. The van der Waals surface area contributed by atoms with E-state index in [1.165, 1.54) is 0 Å². The predicted molar refractivity (Wildman–Crippen MR) is 78.5 cm³/mol. The Morgan fingerprint density at radius 3 is 2.11 bits per heavy atom. The standard InChI is InChI=1S/C15H31N3/c1-13(2)18(14(3)4)11-10-17-9-7-8-15(5,6)12-16/h13-14,17H,7-11H2,1-6H3. The first kappa shape index (κ1) is 17.4. The van der Waals surface area contributed by atoms with Gasteiger partial charge in [-0.2, -0.15) is 5.26 Å². The fourth-order valence-electron chi connectivity index (χ4n) is 2.16. The summed E-state index contributed by atoms with van der Waals surface area (Å²) in [6.07, 6.45) is 2.04. The van der Waals surface area contributed by atoms with Crippen LogP contribution in [0.5, 0.6) is 0 Å². The van der Waals surface area contributed by atoms with Crippen molar-refractivity contribution in [3.8, 4) is 6.07 Å². The van der Waals surface area contributed by atoms with Gasteiger partial charge in [0.25, 0.3) is 0 Å². The minimum absolute atomic E-state index is 0.177. The van der Waals surface area contributed by atoms with Gasteiger partial charge < -0.3 is 5.32 Å². The second kappa shape index (κ2) is 8.50. The van der Waals surface area contributed by atoms with Crippen LogP contribution in [0.2, 0.25) is 0 Å². The van der Waals surface area contributed by atoms with Crippen molar-refractivity contribution in [1.29, 1.82) is 5.26 Å². The lowest BCUT2D eigenvalue weighted by Gasteiger charge is -2.30. The number of nitrogens with one attached hydrogen (secondary N) is 1. The topological polar surface area (TPSA) is 39.1 Å². The summed E-state index contributed by atoms with van der Waals surface area (Å²) < 4.78 is 0. The third-order valence-corrected chi connectivity index (χ3v) is 3.33. The van der Waals surface area contributed by atoms with Crippen molar-refractivity contribution >= 4 is 0 Å². The number of rotatable bonds is 9. The molecule has 0 amide bonds. The van der Waals surface area contributed by atoms with Crippen LogP contribution in [0.15, 0.2) is 0 Å². The second-order valence-corrected chi connectivity index (χ2v) is 6.27. The molecule has 0 spiro atoms. The average Bonchev–Trinajstić information content (AvgIpc) is 2.26. The predicted octanol–water partition coefficient (Wildman–Crippen LogP) is 3.02. The highest BCUT2D eigenvalue weighted by molar-refractivity contribution is 4.91. The molecule has 0 aliphatic heterocycles. The van der Waals surface area contributed by atoms with Gasteiger partial charge in [0.15, 0.2) is 0 Å². The summed E-state index contributed by atoms with van der Waals surface area (Å²) in [5.74, 6) is 0. The van der Waals surface area contributed by atoms with Gasteiger partial charge in [-0.3, -0.25) is 4.90 Å². The maximum atomic E-state index is 8.91. The van der Waals surface area contributed by atoms with Gasteiger partial charge in [0.2, 0.25) is 0 Å². The Labute approximate surface area is 114 Å². The van der Waals surface area contributed by atoms with Crippen LogP contribution >= 0.6 is 0 Å². The Kier molecular flexibility index (Phi) is 8.22. The molecule has 106 valence electrons. The first-order valence-corrected chi connectivity index (χ1v) is 7.18. The lowest BCUT2D eigenvalue weighted by Crippen LogP contribution is -2.41. The van der Waals surface area contributed by atoms with E-state index in [4.69, 9.17) is 5.26 Å². The van der Waals surface area contributed by atoms with Crippen LogP contribution in [0.25, 0.3) is 0 Å². The molecule has 0 fully saturated rings. The van der Waals surface area contributed by atoms with Gasteiger partial charge in [0, 0.05) is 25.2 Å². The van der Waals surface area contributed by atoms with Gasteiger partial charge in [0.1, 0.15) is 0 Å². The summed E-state index contributed by atoms with van der Waals surface area (Å²) in [6.45, 7) is 16.1. The van der Waals surface area contributed by atoms with Crippen molar-refractivity contribution in [3.05, 3.63) is 0 Å². The van der Waals surface area contributed by atoms with E-state index >= 15 is 0 Å². The van der Waals surface area contributed by atoms with Crippen molar-refractivity contribution in [2.45, 2.75) is 66.5 Å².